The molecule has 2 N–H and O–H groups in total. The summed E-state index contributed by atoms with van der Waals surface area (Å²) >= 11 is 0. The highest BCUT2D eigenvalue weighted by Gasteiger charge is 2.30. The molecule has 1 unspecified atom stereocenters. The number of hydrogen-bond donors (Lipinski definition) is 2. The lowest BCUT2D eigenvalue weighted by atomic mass is 9.90. The van der Waals surface area contributed by atoms with Crippen LogP contribution in [0.15, 0.2) is 42.5 Å². The summed E-state index contributed by atoms with van der Waals surface area (Å²) in [6, 6.07) is 11.3. The Morgan fingerprint density at radius 2 is 1.89 bits per heavy atom. The van der Waals surface area contributed by atoms with Gasteiger partial charge in [0.2, 0.25) is 11.8 Å². The summed E-state index contributed by atoms with van der Waals surface area (Å²) in [6.45, 7) is 3.09. The lowest BCUT2D eigenvalue weighted by molar-refractivity contribution is -0.126. The number of hydrogen-bond acceptors (Lipinski definition) is 4. The Morgan fingerprint density at radius 1 is 1.19 bits per heavy atom. The van der Waals surface area contributed by atoms with Crippen molar-refractivity contribution in [3.05, 3.63) is 53.8 Å². The molecule has 1 heterocycles. The van der Waals surface area contributed by atoms with Gasteiger partial charge in [0, 0.05) is 12.1 Å². The fourth-order valence-corrected chi connectivity index (χ4v) is 2.94. The summed E-state index contributed by atoms with van der Waals surface area (Å²) in [7, 11) is 0. The Balaban J connectivity index is 1.52. The minimum Gasteiger partial charge on any atom is -0.494 e. The first-order valence-corrected chi connectivity index (χ1v) is 8.79. The summed E-state index contributed by atoms with van der Waals surface area (Å²) < 4.78 is 24.3. The molecule has 0 saturated heterocycles. The van der Waals surface area contributed by atoms with Crippen molar-refractivity contribution in [1.82, 2.24) is 5.32 Å². The van der Waals surface area contributed by atoms with Crippen molar-refractivity contribution in [2.45, 2.75) is 19.3 Å². The van der Waals surface area contributed by atoms with Crippen LogP contribution in [-0.4, -0.2) is 31.6 Å². The first-order valence-electron chi connectivity index (χ1n) is 8.79. The third-order valence-corrected chi connectivity index (χ3v) is 4.18. The van der Waals surface area contributed by atoms with Gasteiger partial charge in [0.15, 0.2) is 0 Å². The van der Waals surface area contributed by atoms with E-state index in [1.165, 1.54) is 18.2 Å². The molecule has 2 amide bonds. The van der Waals surface area contributed by atoms with Crippen LogP contribution in [0.5, 0.6) is 11.5 Å². The molecular formula is C20H21FN2O4. The Morgan fingerprint density at radius 3 is 2.59 bits per heavy atom. The van der Waals surface area contributed by atoms with Crippen LogP contribution in [-0.2, 0) is 9.59 Å². The molecule has 0 fully saturated rings. The minimum absolute atomic E-state index is 0.0320. The topological polar surface area (TPSA) is 76.7 Å². The normalized spacial score (nSPS) is 15.5. The molecule has 0 aromatic heterocycles. The zero-order valence-electron chi connectivity index (χ0n) is 15.0. The van der Waals surface area contributed by atoms with Crippen LogP contribution in [0, 0.1) is 5.82 Å². The SMILES string of the molecule is CCOc1ccc(OCCNC(=O)C2CC(=O)Nc3cc(F)ccc32)cc1. The van der Waals surface area contributed by atoms with Gasteiger partial charge in [0.1, 0.15) is 23.9 Å². The molecule has 27 heavy (non-hydrogen) atoms. The fourth-order valence-electron chi connectivity index (χ4n) is 2.94. The number of ether oxygens (including phenoxy) is 2. The quantitative estimate of drug-likeness (QED) is 0.733. The average Bonchev–Trinajstić information content (AvgIpc) is 2.65. The molecule has 0 aliphatic carbocycles. The first-order chi connectivity index (χ1) is 13.1. The molecule has 0 radical (unpaired) electrons. The molecule has 2 aromatic rings. The molecule has 1 aliphatic heterocycles. The van der Waals surface area contributed by atoms with E-state index in [9.17, 15) is 14.0 Å². The lowest BCUT2D eigenvalue weighted by Gasteiger charge is -2.24. The molecule has 3 rings (SSSR count). The molecule has 1 atom stereocenters. The monoisotopic (exact) mass is 372 g/mol. The van der Waals surface area contributed by atoms with Gasteiger partial charge in [-0.3, -0.25) is 9.59 Å². The second kappa shape index (κ2) is 8.53. The molecule has 0 bridgehead atoms. The largest absolute Gasteiger partial charge is 0.494 e. The van der Waals surface area contributed by atoms with E-state index in [1.54, 1.807) is 12.1 Å². The highest BCUT2D eigenvalue weighted by molar-refractivity contribution is 6.01. The predicted octanol–water partition coefficient (Wildman–Crippen LogP) is 2.85. The Hall–Kier alpha value is -3.09. The predicted molar refractivity (Wildman–Crippen MR) is 98.5 cm³/mol. The third-order valence-electron chi connectivity index (χ3n) is 4.18. The minimum atomic E-state index is -0.639. The van der Waals surface area contributed by atoms with E-state index >= 15 is 0 Å². The van der Waals surface area contributed by atoms with Crippen LogP contribution in [0.25, 0.3) is 0 Å². The van der Waals surface area contributed by atoms with Crippen LogP contribution in [0.2, 0.25) is 0 Å². The second-order valence-electron chi connectivity index (χ2n) is 6.08. The standard InChI is InChI=1S/C20H21FN2O4/c1-2-26-14-4-6-15(7-5-14)27-10-9-22-20(25)17-12-19(24)23-18-11-13(21)3-8-16(17)18/h3-8,11,17H,2,9-10,12H2,1H3,(H,22,25)(H,23,24). The Kier molecular flexibility index (Phi) is 5.90. The number of amides is 2. The van der Waals surface area contributed by atoms with Crippen LogP contribution in [0.3, 0.4) is 0 Å². The van der Waals surface area contributed by atoms with Gasteiger partial charge in [-0.25, -0.2) is 4.39 Å². The number of benzene rings is 2. The van der Waals surface area contributed by atoms with Gasteiger partial charge in [-0.1, -0.05) is 6.07 Å². The van der Waals surface area contributed by atoms with Crippen LogP contribution in [0.4, 0.5) is 10.1 Å². The summed E-state index contributed by atoms with van der Waals surface area (Å²) in [4.78, 5) is 24.3. The second-order valence-corrected chi connectivity index (χ2v) is 6.08. The maximum atomic E-state index is 13.4. The molecule has 0 spiro atoms. The highest BCUT2D eigenvalue weighted by Crippen LogP contribution is 2.32. The number of nitrogens with one attached hydrogen (secondary N) is 2. The molecular weight excluding hydrogens is 351 g/mol. The van der Waals surface area contributed by atoms with E-state index in [2.05, 4.69) is 10.6 Å². The van der Waals surface area contributed by atoms with Crippen molar-refractivity contribution in [1.29, 1.82) is 0 Å². The third kappa shape index (κ3) is 4.75. The van der Waals surface area contributed by atoms with Crippen molar-refractivity contribution < 1.29 is 23.5 Å². The van der Waals surface area contributed by atoms with E-state index in [1.807, 2.05) is 19.1 Å². The van der Waals surface area contributed by atoms with Crippen molar-refractivity contribution in [2.24, 2.45) is 0 Å². The number of carbonyl (C=O) groups excluding carboxylic acids is 2. The molecule has 6 nitrogen and oxygen atoms in total. The molecule has 142 valence electrons. The van der Waals surface area contributed by atoms with E-state index in [0.717, 1.165) is 5.75 Å². The van der Waals surface area contributed by atoms with Crippen LogP contribution < -0.4 is 20.1 Å². The van der Waals surface area contributed by atoms with Gasteiger partial charge in [0.25, 0.3) is 0 Å². The highest BCUT2D eigenvalue weighted by atomic mass is 19.1. The van der Waals surface area contributed by atoms with Crippen molar-refractivity contribution in [2.75, 3.05) is 25.1 Å². The van der Waals surface area contributed by atoms with Gasteiger partial charge >= 0.3 is 0 Å². The van der Waals surface area contributed by atoms with Crippen LogP contribution in [0.1, 0.15) is 24.8 Å². The number of halogens is 1. The molecule has 7 heteroatoms. The van der Waals surface area contributed by atoms with Crippen LogP contribution >= 0.6 is 0 Å². The Bertz CT molecular complexity index is 823. The maximum Gasteiger partial charge on any atom is 0.228 e. The molecule has 0 saturated carbocycles. The number of anilines is 1. The number of rotatable bonds is 7. The van der Waals surface area contributed by atoms with E-state index < -0.39 is 11.7 Å². The molecule has 1 aliphatic rings. The van der Waals surface area contributed by atoms with Gasteiger partial charge in [0.05, 0.1) is 19.1 Å². The van der Waals surface area contributed by atoms with Crippen molar-refractivity contribution in [3.8, 4) is 11.5 Å². The Labute approximate surface area is 156 Å². The first kappa shape index (κ1) is 18.7. The number of fused-ring (bicyclic) bond motifs is 1. The van der Waals surface area contributed by atoms with Gasteiger partial charge in [-0.2, -0.15) is 0 Å². The summed E-state index contributed by atoms with van der Waals surface area (Å²) in [5, 5.41) is 5.36. The zero-order valence-corrected chi connectivity index (χ0v) is 15.0. The number of carbonyl (C=O) groups is 2. The smallest absolute Gasteiger partial charge is 0.228 e. The van der Waals surface area contributed by atoms with E-state index in [0.29, 0.717) is 30.2 Å². The van der Waals surface area contributed by atoms with E-state index in [-0.39, 0.29) is 24.8 Å². The zero-order chi connectivity index (χ0) is 19.2. The lowest BCUT2D eigenvalue weighted by Crippen LogP contribution is -2.36. The van der Waals surface area contributed by atoms with Gasteiger partial charge in [-0.15, -0.1) is 0 Å². The molecule has 2 aromatic carbocycles. The van der Waals surface area contributed by atoms with Crippen molar-refractivity contribution in [3.63, 3.8) is 0 Å². The van der Waals surface area contributed by atoms with Gasteiger partial charge < -0.3 is 20.1 Å². The average molecular weight is 372 g/mol. The van der Waals surface area contributed by atoms with Crippen molar-refractivity contribution >= 4 is 17.5 Å². The van der Waals surface area contributed by atoms with Gasteiger partial charge in [-0.05, 0) is 48.9 Å². The fraction of sp³-hybridized carbons (Fsp3) is 0.300. The summed E-state index contributed by atoms with van der Waals surface area (Å²) in [5.74, 6) is -0.250. The summed E-state index contributed by atoms with van der Waals surface area (Å²) in [6.07, 6.45) is 0.0320. The summed E-state index contributed by atoms with van der Waals surface area (Å²) in [5.41, 5.74) is 0.956. The van der Waals surface area contributed by atoms with E-state index in [4.69, 9.17) is 9.47 Å². The maximum absolute atomic E-state index is 13.4.